The molecule has 1 rings (SSSR count). The van der Waals surface area contributed by atoms with Crippen molar-refractivity contribution < 1.29 is 9.59 Å². The van der Waals surface area contributed by atoms with Gasteiger partial charge in [0, 0.05) is 23.7 Å². The average Bonchev–Trinajstić information content (AvgIpc) is 2.41. The van der Waals surface area contributed by atoms with E-state index in [9.17, 15) is 9.59 Å². The van der Waals surface area contributed by atoms with Crippen molar-refractivity contribution in [2.24, 2.45) is 5.92 Å². The zero-order chi connectivity index (χ0) is 15.0. The standard InChI is InChI=1S/C16H24N2O2/c1-4-5-6-7-15(19)17-13-8-10-14(11-9-13)18-16(20)12(2)3/h8-12H,4-7H2,1-3H3,(H,17,19)(H,18,20). The molecule has 0 fully saturated rings. The quantitative estimate of drug-likeness (QED) is 0.744. The summed E-state index contributed by atoms with van der Waals surface area (Å²) in [6.45, 7) is 5.81. The number of carbonyl (C=O) groups excluding carboxylic acids is 2. The maximum absolute atomic E-state index is 11.7. The van der Waals surface area contributed by atoms with Crippen molar-refractivity contribution in [1.82, 2.24) is 0 Å². The lowest BCUT2D eigenvalue weighted by atomic mass is 10.2. The van der Waals surface area contributed by atoms with Crippen LogP contribution in [-0.2, 0) is 9.59 Å². The van der Waals surface area contributed by atoms with E-state index in [0.29, 0.717) is 6.42 Å². The monoisotopic (exact) mass is 276 g/mol. The molecule has 4 nitrogen and oxygen atoms in total. The molecule has 1 aromatic carbocycles. The second-order valence-electron chi connectivity index (χ2n) is 5.23. The third-order valence-electron chi connectivity index (χ3n) is 2.97. The number of unbranched alkanes of at least 4 members (excludes halogenated alkanes) is 2. The minimum Gasteiger partial charge on any atom is -0.326 e. The van der Waals surface area contributed by atoms with Gasteiger partial charge in [0.2, 0.25) is 11.8 Å². The van der Waals surface area contributed by atoms with Crippen LogP contribution in [0.1, 0.15) is 46.5 Å². The molecule has 20 heavy (non-hydrogen) atoms. The summed E-state index contributed by atoms with van der Waals surface area (Å²) >= 11 is 0. The molecule has 0 aliphatic heterocycles. The van der Waals surface area contributed by atoms with Crippen molar-refractivity contribution in [3.63, 3.8) is 0 Å². The molecule has 2 amide bonds. The lowest BCUT2D eigenvalue weighted by Crippen LogP contribution is -2.17. The molecule has 0 heterocycles. The maximum Gasteiger partial charge on any atom is 0.226 e. The fourth-order valence-electron chi connectivity index (χ4n) is 1.68. The zero-order valence-corrected chi connectivity index (χ0v) is 12.5. The van der Waals surface area contributed by atoms with Crippen LogP contribution in [0.4, 0.5) is 11.4 Å². The van der Waals surface area contributed by atoms with Gasteiger partial charge in [0.15, 0.2) is 0 Å². The summed E-state index contributed by atoms with van der Waals surface area (Å²) in [5.41, 5.74) is 1.50. The Labute approximate surface area is 121 Å². The highest BCUT2D eigenvalue weighted by Gasteiger charge is 2.07. The van der Waals surface area contributed by atoms with Gasteiger partial charge in [-0.2, -0.15) is 0 Å². The van der Waals surface area contributed by atoms with Crippen LogP contribution in [0.5, 0.6) is 0 Å². The molecule has 0 unspecified atom stereocenters. The number of hydrogen-bond acceptors (Lipinski definition) is 2. The van der Waals surface area contributed by atoms with E-state index < -0.39 is 0 Å². The van der Waals surface area contributed by atoms with E-state index in [1.165, 1.54) is 0 Å². The smallest absolute Gasteiger partial charge is 0.226 e. The first-order chi connectivity index (χ1) is 9.52. The van der Waals surface area contributed by atoms with Crippen molar-refractivity contribution in [3.05, 3.63) is 24.3 Å². The highest BCUT2D eigenvalue weighted by atomic mass is 16.2. The van der Waals surface area contributed by atoms with E-state index in [1.54, 1.807) is 24.3 Å². The van der Waals surface area contributed by atoms with E-state index in [1.807, 2.05) is 13.8 Å². The first-order valence-electron chi connectivity index (χ1n) is 7.23. The minimum atomic E-state index is -0.0482. The molecule has 0 atom stereocenters. The predicted molar refractivity (Wildman–Crippen MR) is 82.7 cm³/mol. The van der Waals surface area contributed by atoms with Crippen LogP contribution in [0.2, 0.25) is 0 Å². The second kappa shape index (κ2) is 8.35. The molecule has 0 aliphatic carbocycles. The lowest BCUT2D eigenvalue weighted by molar-refractivity contribution is -0.119. The number of rotatable bonds is 7. The molecule has 4 heteroatoms. The number of hydrogen-bond donors (Lipinski definition) is 2. The van der Waals surface area contributed by atoms with E-state index >= 15 is 0 Å². The van der Waals surface area contributed by atoms with Gasteiger partial charge in [-0.15, -0.1) is 0 Å². The molecule has 0 spiro atoms. The second-order valence-corrected chi connectivity index (χ2v) is 5.23. The highest BCUT2D eigenvalue weighted by Crippen LogP contribution is 2.15. The zero-order valence-electron chi connectivity index (χ0n) is 12.5. The van der Waals surface area contributed by atoms with Gasteiger partial charge in [0.25, 0.3) is 0 Å². The van der Waals surface area contributed by atoms with Crippen LogP contribution in [0.3, 0.4) is 0 Å². The summed E-state index contributed by atoms with van der Waals surface area (Å²) in [7, 11) is 0. The van der Waals surface area contributed by atoms with Crippen LogP contribution in [0.15, 0.2) is 24.3 Å². The van der Waals surface area contributed by atoms with Gasteiger partial charge in [-0.3, -0.25) is 9.59 Å². The van der Waals surface area contributed by atoms with Crippen molar-refractivity contribution in [3.8, 4) is 0 Å². The number of carbonyl (C=O) groups is 2. The Morgan fingerprint density at radius 1 is 1.00 bits per heavy atom. The molecular weight excluding hydrogens is 252 g/mol. The third-order valence-corrected chi connectivity index (χ3v) is 2.97. The molecule has 1 aromatic rings. The molecule has 2 N–H and O–H groups in total. The van der Waals surface area contributed by atoms with Crippen molar-refractivity contribution in [1.29, 1.82) is 0 Å². The van der Waals surface area contributed by atoms with E-state index in [-0.39, 0.29) is 17.7 Å². The van der Waals surface area contributed by atoms with Gasteiger partial charge in [-0.1, -0.05) is 33.6 Å². The SMILES string of the molecule is CCCCCC(=O)Nc1ccc(NC(=O)C(C)C)cc1. The molecular formula is C16H24N2O2. The van der Waals surface area contributed by atoms with Gasteiger partial charge in [0.05, 0.1) is 0 Å². The summed E-state index contributed by atoms with van der Waals surface area (Å²) in [6.07, 6.45) is 3.66. The fraction of sp³-hybridized carbons (Fsp3) is 0.500. The molecule has 0 aromatic heterocycles. The van der Waals surface area contributed by atoms with Crippen LogP contribution in [0.25, 0.3) is 0 Å². The summed E-state index contributed by atoms with van der Waals surface area (Å²) < 4.78 is 0. The van der Waals surface area contributed by atoms with Gasteiger partial charge in [-0.25, -0.2) is 0 Å². The lowest BCUT2D eigenvalue weighted by Gasteiger charge is -2.09. The summed E-state index contributed by atoms with van der Waals surface area (Å²) in [5, 5.41) is 5.66. The summed E-state index contributed by atoms with van der Waals surface area (Å²) in [6, 6.07) is 7.19. The van der Waals surface area contributed by atoms with Gasteiger partial charge < -0.3 is 10.6 Å². The Kier molecular flexibility index (Phi) is 6.77. The molecule has 0 saturated carbocycles. The fourth-order valence-corrected chi connectivity index (χ4v) is 1.68. The Hall–Kier alpha value is -1.84. The Morgan fingerprint density at radius 3 is 2.05 bits per heavy atom. The number of benzene rings is 1. The van der Waals surface area contributed by atoms with Crippen LogP contribution in [0, 0.1) is 5.92 Å². The average molecular weight is 276 g/mol. The third kappa shape index (κ3) is 5.87. The summed E-state index contributed by atoms with van der Waals surface area (Å²) in [5.74, 6) is -0.0216. The minimum absolute atomic E-state index is 0.0126. The van der Waals surface area contributed by atoms with Crippen LogP contribution < -0.4 is 10.6 Å². The number of amides is 2. The largest absolute Gasteiger partial charge is 0.326 e. The van der Waals surface area contributed by atoms with Crippen LogP contribution in [-0.4, -0.2) is 11.8 Å². The van der Waals surface area contributed by atoms with E-state index in [0.717, 1.165) is 30.6 Å². The molecule has 0 radical (unpaired) electrons. The van der Waals surface area contributed by atoms with Gasteiger partial charge >= 0.3 is 0 Å². The number of nitrogens with one attached hydrogen (secondary N) is 2. The maximum atomic E-state index is 11.7. The van der Waals surface area contributed by atoms with Crippen molar-refractivity contribution >= 4 is 23.2 Å². The Bertz CT molecular complexity index is 438. The molecule has 110 valence electrons. The highest BCUT2D eigenvalue weighted by molar-refractivity contribution is 5.93. The van der Waals surface area contributed by atoms with Crippen molar-refractivity contribution in [2.75, 3.05) is 10.6 Å². The van der Waals surface area contributed by atoms with E-state index in [2.05, 4.69) is 17.6 Å². The van der Waals surface area contributed by atoms with Gasteiger partial charge in [0.1, 0.15) is 0 Å². The first kappa shape index (κ1) is 16.2. The number of anilines is 2. The van der Waals surface area contributed by atoms with Crippen molar-refractivity contribution in [2.45, 2.75) is 46.5 Å². The Morgan fingerprint density at radius 2 is 1.55 bits per heavy atom. The molecule has 0 bridgehead atoms. The normalized spacial score (nSPS) is 10.4. The predicted octanol–water partition coefficient (Wildman–Crippen LogP) is 3.80. The van der Waals surface area contributed by atoms with Gasteiger partial charge in [-0.05, 0) is 30.7 Å². The Balaban J connectivity index is 2.46. The first-order valence-corrected chi connectivity index (χ1v) is 7.23. The topological polar surface area (TPSA) is 58.2 Å². The van der Waals surface area contributed by atoms with E-state index in [4.69, 9.17) is 0 Å². The summed E-state index contributed by atoms with van der Waals surface area (Å²) in [4.78, 5) is 23.2. The molecule has 0 aliphatic rings. The molecule has 0 saturated heterocycles. The van der Waals surface area contributed by atoms with Crippen LogP contribution >= 0.6 is 0 Å².